The van der Waals surface area contributed by atoms with Crippen molar-refractivity contribution in [3.63, 3.8) is 0 Å². The quantitative estimate of drug-likeness (QED) is 0.383. The summed E-state index contributed by atoms with van der Waals surface area (Å²) in [7, 11) is 0. The van der Waals surface area contributed by atoms with E-state index in [1.807, 2.05) is 50.2 Å². The van der Waals surface area contributed by atoms with E-state index in [2.05, 4.69) is 34.7 Å². The van der Waals surface area contributed by atoms with Gasteiger partial charge in [-0.05, 0) is 51.5 Å². The molecule has 0 amide bonds. The molecule has 160 valence electrons. The molecule has 30 heavy (non-hydrogen) atoms. The molecule has 0 aliphatic heterocycles. The highest BCUT2D eigenvalue weighted by Gasteiger charge is 2.27. The number of furan rings is 2. The van der Waals surface area contributed by atoms with E-state index >= 15 is 0 Å². The lowest BCUT2D eigenvalue weighted by Gasteiger charge is -2.23. The molecule has 0 saturated carbocycles. The van der Waals surface area contributed by atoms with Crippen molar-refractivity contribution in [3.8, 4) is 0 Å². The van der Waals surface area contributed by atoms with Crippen molar-refractivity contribution in [1.82, 2.24) is 10.6 Å². The van der Waals surface area contributed by atoms with Gasteiger partial charge < -0.3 is 24.6 Å². The van der Waals surface area contributed by atoms with E-state index in [0.717, 1.165) is 29.1 Å². The second-order valence-corrected chi connectivity index (χ2v) is 7.80. The summed E-state index contributed by atoms with van der Waals surface area (Å²) in [5.74, 6) is 3.04. The fourth-order valence-corrected chi connectivity index (χ4v) is 3.43. The van der Waals surface area contributed by atoms with Crippen molar-refractivity contribution in [2.24, 2.45) is 4.99 Å². The minimum atomic E-state index is -1.13. The van der Waals surface area contributed by atoms with Gasteiger partial charge in [-0.1, -0.05) is 30.3 Å². The lowest BCUT2D eigenvalue weighted by Crippen LogP contribution is -2.41. The first-order valence-electron chi connectivity index (χ1n) is 10.3. The summed E-state index contributed by atoms with van der Waals surface area (Å²) in [6.45, 7) is 8.44. The van der Waals surface area contributed by atoms with E-state index in [1.165, 1.54) is 0 Å². The summed E-state index contributed by atoms with van der Waals surface area (Å²) in [6, 6.07) is 15.9. The summed E-state index contributed by atoms with van der Waals surface area (Å²) in [5, 5.41) is 17.8. The molecule has 0 fully saturated rings. The van der Waals surface area contributed by atoms with Gasteiger partial charge in [0.25, 0.3) is 0 Å². The minimum Gasteiger partial charge on any atom is -0.469 e. The summed E-state index contributed by atoms with van der Waals surface area (Å²) in [6.07, 6.45) is 2.41. The minimum absolute atomic E-state index is 0.0592. The van der Waals surface area contributed by atoms with Gasteiger partial charge in [0.05, 0.1) is 18.8 Å². The number of aliphatic imine (C=N–C) groups is 1. The summed E-state index contributed by atoms with van der Waals surface area (Å²) in [5.41, 5.74) is 0.786. The van der Waals surface area contributed by atoms with E-state index in [1.54, 1.807) is 13.2 Å². The molecule has 0 aliphatic rings. The van der Waals surface area contributed by atoms with Gasteiger partial charge in [-0.3, -0.25) is 0 Å². The average Bonchev–Trinajstić information content (AvgIpc) is 3.36. The van der Waals surface area contributed by atoms with Crippen LogP contribution < -0.4 is 10.6 Å². The fourth-order valence-electron chi connectivity index (χ4n) is 3.43. The number of nitrogens with one attached hydrogen (secondary N) is 2. The van der Waals surface area contributed by atoms with Crippen LogP contribution in [0.25, 0.3) is 0 Å². The third kappa shape index (κ3) is 5.76. The topological polar surface area (TPSA) is 82.9 Å². The van der Waals surface area contributed by atoms with Gasteiger partial charge in [-0.15, -0.1) is 0 Å². The zero-order chi connectivity index (χ0) is 21.6. The van der Waals surface area contributed by atoms with Crippen molar-refractivity contribution in [1.29, 1.82) is 0 Å². The standard InChI is InChI=1S/C24H31N3O3/c1-17-15-22(19(3)30-17)24(4,28)16-26-23(25-13-12-21-11-8-14-29-21)27-18(2)20-9-6-5-7-10-20/h5-11,14-15,18,28H,12-13,16H2,1-4H3,(H2,25,26,27). The van der Waals surface area contributed by atoms with Gasteiger partial charge in [0, 0.05) is 18.5 Å². The molecule has 0 spiro atoms. The maximum atomic E-state index is 11.0. The van der Waals surface area contributed by atoms with Crippen LogP contribution in [-0.4, -0.2) is 24.2 Å². The molecule has 2 heterocycles. The Morgan fingerprint density at radius 2 is 1.93 bits per heavy atom. The van der Waals surface area contributed by atoms with Gasteiger partial charge in [0.15, 0.2) is 5.96 Å². The predicted octanol–water partition coefficient (Wildman–Crippen LogP) is 4.24. The molecule has 1 aromatic carbocycles. The molecule has 0 radical (unpaired) electrons. The Kier molecular flexibility index (Phi) is 7.00. The van der Waals surface area contributed by atoms with Crippen molar-refractivity contribution < 1.29 is 13.9 Å². The lowest BCUT2D eigenvalue weighted by atomic mass is 9.96. The first-order chi connectivity index (χ1) is 14.3. The lowest BCUT2D eigenvalue weighted by molar-refractivity contribution is 0.0656. The smallest absolute Gasteiger partial charge is 0.191 e. The monoisotopic (exact) mass is 409 g/mol. The van der Waals surface area contributed by atoms with Crippen LogP contribution in [0.15, 0.2) is 68.6 Å². The Morgan fingerprint density at radius 3 is 2.57 bits per heavy atom. The Morgan fingerprint density at radius 1 is 1.17 bits per heavy atom. The van der Waals surface area contributed by atoms with Crippen LogP contribution in [0.4, 0.5) is 0 Å². The fraction of sp³-hybridized carbons (Fsp3) is 0.375. The average molecular weight is 410 g/mol. The maximum absolute atomic E-state index is 11.0. The van der Waals surface area contributed by atoms with Crippen LogP contribution >= 0.6 is 0 Å². The van der Waals surface area contributed by atoms with Crippen LogP contribution in [-0.2, 0) is 12.0 Å². The van der Waals surface area contributed by atoms with E-state index in [4.69, 9.17) is 8.83 Å². The number of hydrogen-bond donors (Lipinski definition) is 3. The predicted molar refractivity (Wildman–Crippen MR) is 118 cm³/mol. The summed E-state index contributed by atoms with van der Waals surface area (Å²) >= 11 is 0. The molecule has 3 rings (SSSR count). The largest absolute Gasteiger partial charge is 0.469 e. The molecule has 6 heteroatoms. The number of guanidine groups is 1. The highest BCUT2D eigenvalue weighted by Crippen LogP contribution is 2.27. The normalized spacial score (nSPS) is 14.9. The third-order valence-corrected chi connectivity index (χ3v) is 5.06. The maximum Gasteiger partial charge on any atom is 0.191 e. The van der Waals surface area contributed by atoms with Crippen LogP contribution in [0.5, 0.6) is 0 Å². The van der Waals surface area contributed by atoms with Gasteiger partial charge in [0.2, 0.25) is 0 Å². The molecule has 2 unspecified atom stereocenters. The van der Waals surface area contributed by atoms with Crippen LogP contribution in [0.1, 0.15) is 48.3 Å². The van der Waals surface area contributed by atoms with Gasteiger partial charge in [-0.25, -0.2) is 4.99 Å². The molecule has 0 bridgehead atoms. The van der Waals surface area contributed by atoms with E-state index in [9.17, 15) is 5.11 Å². The molecule has 2 aromatic heterocycles. The summed E-state index contributed by atoms with van der Waals surface area (Å²) in [4.78, 5) is 4.68. The van der Waals surface area contributed by atoms with Crippen molar-refractivity contribution in [3.05, 3.63) is 83.2 Å². The second kappa shape index (κ2) is 9.67. The Bertz CT molecular complexity index is 944. The van der Waals surface area contributed by atoms with Crippen LogP contribution in [0.3, 0.4) is 0 Å². The third-order valence-electron chi connectivity index (χ3n) is 5.06. The first kappa shape index (κ1) is 21.7. The number of nitrogens with zero attached hydrogens (tertiary/aromatic N) is 1. The molecular formula is C24H31N3O3. The second-order valence-electron chi connectivity index (χ2n) is 7.80. The zero-order valence-electron chi connectivity index (χ0n) is 18.1. The van der Waals surface area contributed by atoms with Crippen LogP contribution in [0, 0.1) is 13.8 Å². The molecule has 6 nitrogen and oxygen atoms in total. The number of aryl methyl sites for hydroxylation is 2. The SMILES string of the molecule is Cc1cc(C(C)(O)CN=C(NCCc2ccco2)NC(C)c2ccccc2)c(C)o1. The zero-order valence-corrected chi connectivity index (χ0v) is 18.1. The van der Waals surface area contributed by atoms with E-state index in [0.29, 0.717) is 18.3 Å². The number of benzene rings is 1. The highest BCUT2D eigenvalue weighted by atomic mass is 16.3. The Labute approximate surface area is 178 Å². The summed E-state index contributed by atoms with van der Waals surface area (Å²) < 4.78 is 11.0. The molecule has 0 aliphatic carbocycles. The van der Waals surface area contributed by atoms with E-state index in [-0.39, 0.29) is 12.6 Å². The van der Waals surface area contributed by atoms with Crippen molar-refractivity contribution in [2.75, 3.05) is 13.1 Å². The van der Waals surface area contributed by atoms with Crippen molar-refractivity contribution >= 4 is 5.96 Å². The molecule has 2 atom stereocenters. The molecule has 3 aromatic rings. The van der Waals surface area contributed by atoms with Gasteiger partial charge in [-0.2, -0.15) is 0 Å². The Hall–Kier alpha value is -2.99. The van der Waals surface area contributed by atoms with Crippen molar-refractivity contribution in [2.45, 2.75) is 45.8 Å². The first-order valence-corrected chi connectivity index (χ1v) is 10.3. The van der Waals surface area contributed by atoms with Gasteiger partial charge in [0.1, 0.15) is 22.9 Å². The van der Waals surface area contributed by atoms with E-state index < -0.39 is 5.60 Å². The number of hydrogen-bond acceptors (Lipinski definition) is 4. The Balaban J connectivity index is 1.72. The highest BCUT2D eigenvalue weighted by molar-refractivity contribution is 5.80. The molecular weight excluding hydrogens is 378 g/mol. The van der Waals surface area contributed by atoms with Gasteiger partial charge >= 0.3 is 0 Å². The number of aliphatic hydroxyl groups is 1. The van der Waals surface area contributed by atoms with Crippen LogP contribution in [0.2, 0.25) is 0 Å². The molecule has 0 saturated heterocycles. The molecule has 3 N–H and O–H groups in total. The number of rotatable bonds is 8.